The lowest BCUT2D eigenvalue weighted by molar-refractivity contribution is -0.346. The van der Waals surface area contributed by atoms with E-state index in [1.165, 1.54) is 36.0 Å². The Kier molecular flexibility index (Phi) is 16.2. The summed E-state index contributed by atoms with van der Waals surface area (Å²) in [7, 11) is -5.52. The van der Waals surface area contributed by atoms with Crippen molar-refractivity contribution >= 4 is 14.1 Å². The summed E-state index contributed by atoms with van der Waals surface area (Å²) in [5.74, 6) is 0. The third-order valence-electron chi connectivity index (χ3n) is 5.84. The van der Waals surface area contributed by atoms with E-state index >= 15 is 0 Å². The van der Waals surface area contributed by atoms with Crippen molar-refractivity contribution < 1.29 is 49.2 Å². The number of aliphatic hydroxyl groups is 5. The van der Waals surface area contributed by atoms with Crippen molar-refractivity contribution in [2.45, 2.75) is 78.3 Å². The van der Waals surface area contributed by atoms with Crippen LogP contribution >= 0.6 is 7.82 Å². The van der Waals surface area contributed by atoms with Crippen molar-refractivity contribution in [3.63, 3.8) is 0 Å². The summed E-state index contributed by atoms with van der Waals surface area (Å²) in [4.78, 5) is 30.6. The first-order valence-corrected chi connectivity index (χ1v) is 13.4. The SMILES string of the molecule is CC1=C(/C=C/C(C)=C/C=C/C(C)=C/CO)C(C)(C)CCC1.O=C[C@@H](OP(=O)([O-])[O-])[C@@H](O)[C@H](O)[C@H](O)CO. The fraction of sp³-hybridized carbons (Fsp3) is 0.577. The average Bonchev–Trinajstić information content (AvgIpc) is 2.80. The molecule has 0 aliphatic heterocycles. The number of phosphoric acid groups is 1. The fourth-order valence-electron chi connectivity index (χ4n) is 3.69. The zero-order valence-corrected chi connectivity index (χ0v) is 23.0. The van der Waals surface area contributed by atoms with E-state index in [2.05, 4.69) is 50.4 Å². The molecule has 11 heteroatoms. The number of carbonyl (C=O) groups excluding carboxylic acids is 1. The number of allylic oxidation sites excluding steroid dienone is 9. The second kappa shape index (κ2) is 17.0. The van der Waals surface area contributed by atoms with Crippen LogP contribution in [0.15, 0.2) is 58.7 Å². The molecule has 10 nitrogen and oxygen atoms in total. The van der Waals surface area contributed by atoms with Gasteiger partial charge in [-0.2, -0.15) is 0 Å². The lowest BCUT2D eigenvalue weighted by atomic mass is 9.72. The molecule has 212 valence electrons. The quantitative estimate of drug-likeness (QED) is 0.134. The summed E-state index contributed by atoms with van der Waals surface area (Å²) in [5, 5.41) is 44.4. The molecule has 0 amide bonds. The van der Waals surface area contributed by atoms with Crippen LogP contribution in [0.1, 0.15) is 53.9 Å². The molecule has 5 N–H and O–H groups in total. The maximum absolute atomic E-state index is 10.3. The second-order valence-corrected chi connectivity index (χ2v) is 10.7. The summed E-state index contributed by atoms with van der Waals surface area (Å²) in [6, 6.07) is 0. The smallest absolute Gasteiger partial charge is 0.151 e. The van der Waals surface area contributed by atoms with Crippen molar-refractivity contribution in [2.24, 2.45) is 5.41 Å². The van der Waals surface area contributed by atoms with Gasteiger partial charge in [0, 0.05) is 0 Å². The highest BCUT2D eigenvalue weighted by atomic mass is 31.2. The molecule has 0 bridgehead atoms. The monoisotopic (exact) mass is 544 g/mol. The normalized spacial score (nSPS) is 20.4. The summed E-state index contributed by atoms with van der Waals surface area (Å²) < 4.78 is 13.8. The van der Waals surface area contributed by atoms with Crippen LogP contribution in [0.5, 0.6) is 0 Å². The van der Waals surface area contributed by atoms with Crippen LogP contribution in [-0.4, -0.2) is 69.4 Å². The molecule has 0 fully saturated rings. The van der Waals surface area contributed by atoms with Gasteiger partial charge in [0.05, 0.1) is 21.0 Å². The molecule has 0 heterocycles. The van der Waals surface area contributed by atoms with Crippen LogP contribution in [0.3, 0.4) is 0 Å². The largest absolute Gasteiger partial charge is 0.790 e. The van der Waals surface area contributed by atoms with Gasteiger partial charge in [0.2, 0.25) is 0 Å². The Morgan fingerprint density at radius 1 is 1.11 bits per heavy atom. The molecule has 1 aliphatic carbocycles. The van der Waals surface area contributed by atoms with Crippen molar-refractivity contribution in [3.05, 3.63) is 58.7 Å². The molecule has 0 aromatic heterocycles. The van der Waals surface area contributed by atoms with E-state index in [1.54, 1.807) is 6.08 Å². The average molecular weight is 545 g/mol. The molecule has 0 unspecified atom stereocenters. The van der Waals surface area contributed by atoms with Crippen LogP contribution in [-0.2, 0) is 13.9 Å². The molecule has 0 aromatic rings. The van der Waals surface area contributed by atoms with Gasteiger partial charge in [-0.25, -0.2) is 0 Å². The third kappa shape index (κ3) is 14.1. The van der Waals surface area contributed by atoms with Gasteiger partial charge in [0.1, 0.15) is 24.4 Å². The maximum Gasteiger partial charge on any atom is 0.151 e. The van der Waals surface area contributed by atoms with Crippen molar-refractivity contribution in [1.82, 2.24) is 0 Å². The summed E-state index contributed by atoms with van der Waals surface area (Å²) in [5.41, 5.74) is 5.66. The molecule has 0 saturated heterocycles. The van der Waals surface area contributed by atoms with Gasteiger partial charge in [-0.15, -0.1) is 0 Å². The standard InChI is InChI=1S/C20H30O.C6H13O9P/c1-16(8-6-9-17(2)13-15-21)11-12-19-18(3)10-7-14-20(19,4)5;7-1-3(9)5(10)6(11)4(2-8)15-16(12,13)14/h6,8-9,11-13,21H,7,10,14-15H2,1-5H3;2-7,9-11H,1H2,(H2,12,13,14)/p-2/b9-6+,12-11+,16-8+,17-13+;/t;3-,4-,5-,6-/m.1/s1. The third-order valence-corrected chi connectivity index (χ3v) is 6.34. The van der Waals surface area contributed by atoms with Gasteiger partial charge in [0.15, 0.2) is 6.29 Å². The number of phosphoric ester groups is 1. The number of carbonyl (C=O) groups is 1. The highest BCUT2D eigenvalue weighted by Gasteiger charge is 2.32. The number of hydrogen-bond donors (Lipinski definition) is 5. The first-order chi connectivity index (χ1) is 17.1. The van der Waals surface area contributed by atoms with E-state index < -0.39 is 38.8 Å². The van der Waals surface area contributed by atoms with Crippen LogP contribution in [0.25, 0.3) is 0 Å². The lowest BCUT2D eigenvalue weighted by Crippen LogP contribution is -2.47. The Morgan fingerprint density at radius 2 is 1.73 bits per heavy atom. The van der Waals surface area contributed by atoms with Crippen LogP contribution in [0.4, 0.5) is 0 Å². The van der Waals surface area contributed by atoms with Gasteiger partial charge in [-0.05, 0) is 51.0 Å². The molecule has 0 spiro atoms. The van der Waals surface area contributed by atoms with Crippen molar-refractivity contribution in [1.29, 1.82) is 0 Å². The first-order valence-electron chi connectivity index (χ1n) is 11.9. The molecule has 4 atom stereocenters. The Morgan fingerprint density at radius 3 is 2.22 bits per heavy atom. The summed E-state index contributed by atoms with van der Waals surface area (Å²) in [6.07, 6.45) is 7.92. The van der Waals surface area contributed by atoms with E-state index in [1.807, 2.05) is 19.1 Å². The summed E-state index contributed by atoms with van der Waals surface area (Å²) in [6.45, 7) is 10.2. The first kappa shape index (κ1) is 35.3. The molecule has 1 aliphatic rings. The number of hydrogen-bond acceptors (Lipinski definition) is 10. The van der Waals surface area contributed by atoms with Gasteiger partial charge in [-0.3, -0.25) is 0 Å². The lowest BCUT2D eigenvalue weighted by Gasteiger charge is -2.34. The van der Waals surface area contributed by atoms with Crippen molar-refractivity contribution in [3.8, 4) is 0 Å². The summed E-state index contributed by atoms with van der Waals surface area (Å²) >= 11 is 0. The Balaban J connectivity index is 0.000000730. The predicted molar refractivity (Wildman–Crippen MR) is 137 cm³/mol. The van der Waals surface area contributed by atoms with E-state index in [0.29, 0.717) is 5.41 Å². The Hall–Kier alpha value is -1.72. The maximum atomic E-state index is 10.3. The van der Waals surface area contributed by atoms with Gasteiger partial charge in [0.25, 0.3) is 0 Å². The van der Waals surface area contributed by atoms with Gasteiger partial charge in [-0.1, -0.05) is 67.0 Å². The van der Waals surface area contributed by atoms with Crippen LogP contribution in [0.2, 0.25) is 0 Å². The number of aliphatic hydroxyl groups excluding tert-OH is 5. The fourth-order valence-corrected chi connectivity index (χ4v) is 4.16. The van der Waals surface area contributed by atoms with E-state index in [9.17, 15) is 19.1 Å². The van der Waals surface area contributed by atoms with Crippen LogP contribution < -0.4 is 9.79 Å². The highest BCUT2D eigenvalue weighted by molar-refractivity contribution is 7.43. The molecule has 0 radical (unpaired) electrons. The molecular formula is C26H41O10P-2. The predicted octanol–water partition coefficient (Wildman–Crippen LogP) is 0.984. The molecule has 0 saturated carbocycles. The van der Waals surface area contributed by atoms with E-state index in [-0.39, 0.29) is 12.9 Å². The topological polar surface area (TPSA) is 191 Å². The van der Waals surface area contributed by atoms with E-state index in [0.717, 1.165) is 5.57 Å². The minimum Gasteiger partial charge on any atom is -0.790 e. The zero-order chi connectivity index (χ0) is 28.8. The zero-order valence-electron chi connectivity index (χ0n) is 22.1. The van der Waals surface area contributed by atoms with Crippen molar-refractivity contribution in [2.75, 3.05) is 13.2 Å². The Labute approximate surface area is 219 Å². The minimum absolute atomic E-state index is 0.0985. The second-order valence-electron chi connectivity index (χ2n) is 9.55. The number of aldehydes is 1. The van der Waals surface area contributed by atoms with E-state index in [4.69, 9.17) is 25.5 Å². The Bertz CT molecular complexity index is 910. The van der Waals surface area contributed by atoms with Gasteiger partial charge < -0.3 is 49.2 Å². The highest BCUT2D eigenvalue weighted by Crippen LogP contribution is 2.40. The molecule has 1 rings (SSSR count). The minimum atomic E-state index is -5.52. The molecule has 0 aromatic carbocycles. The molecule has 37 heavy (non-hydrogen) atoms. The number of rotatable bonds is 12. The molecular weight excluding hydrogens is 503 g/mol. The van der Waals surface area contributed by atoms with Crippen LogP contribution in [0, 0.1) is 5.41 Å². The van der Waals surface area contributed by atoms with Gasteiger partial charge >= 0.3 is 0 Å².